The van der Waals surface area contributed by atoms with Gasteiger partial charge in [-0.05, 0) is 44.2 Å². The Balaban J connectivity index is 1.90. The predicted molar refractivity (Wildman–Crippen MR) is 89.3 cm³/mol. The molecule has 3 aromatic rings. The predicted octanol–water partition coefficient (Wildman–Crippen LogP) is 3.42. The summed E-state index contributed by atoms with van der Waals surface area (Å²) in [6.07, 6.45) is 1.09. The van der Waals surface area contributed by atoms with Crippen LogP contribution in [0.25, 0.3) is 5.95 Å². The molecule has 0 bridgehead atoms. The van der Waals surface area contributed by atoms with Gasteiger partial charge in [0.1, 0.15) is 5.82 Å². The molecule has 2 N–H and O–H groups in total. The fourth-order valence-electron chi connectivity index (χ4n) is 2.07. The SMILES string of the molecule is Cc1cc(Nc2ccc(Cl)cc2)nc(-n2ccc(C(C)O)n2)n1. The third-order valence-electron chi connectivity index (χ3n) is 3.20. The highest BCUT2D eigenvalue weighted by Gasteiger charge is 2.09. The molecule has 0 saturated carbocycles. The van der Waals surface area contributed by atoms with Crippen molar-refractivity contribution in [1.82, 2.24) is 19.7 Å². The molecule has 0 spiro atoms. The number of hydrogen-bond acceptors (Lipinski definition) is 5. The third kappa shape index (κ3) is 3.67. The second-order valence-electron chi connectivity index (χ2n) is 5.19. The number of aliphatic hydroxyl groups excluding tert-OH is 1. The molecule has 1 atom stereocenters. The number of anilines is 2. The van der Waals surface area contributed by atoms with Crippen LogP contribution in [0.1, 0.15) is 24.4 Å². The first-order chi connectivity index (χ1) is 11.0. The zero-order chi connectivity index (χ0) is 16.4. The zero-order valence-electron chi connectivity index (χ0n) is 12.7. The molecule has 23 heavy (non-hydrogen) atoms. The zero-order valence-corrected chi connectivity index (χ0v) is 13.5. The topological polar surface area (TPSA) is 75.9 Å². The highest BCUT2D eigenvalue weighted by atomic mass is 35.5. The molecule has 1 aromatic carbocycles. The van der Waals surface area contributed by atoms with Crippen molar-refractivity contribution in [3.05, 3.63) is 59.0 Å². The van der Waals surface area contributed by atoms with Gasteiger partial charge in [0.2, 0.25) is 0 Å². The maximum atomic E-state index is 9.57. The monoisotopic (exact) mass is 329 g/mol. The fourth-order valence-corrected chi connectivity index (χ4v) is 2.20. The van der Waals surface area contributed by atoms with Crippen molar-refractivity contribution in [3.63, 3.8) is 0 Å². The van der Waals surface area contributed by atoms with Crippen LogP contribution in [0.4, 0.5) is 11.5 Å². The number of nitrogens with one attached hydrogen (secondary N) is 1. The molecule has 0 aliphatic heterocycles. The largest absolute Gasteiger partial charge is 0.387 e. The summed E-state index contributed by atoms with van der Waals surface area (Å²) < 4.78 is 1.54. The summed E-state index contributed by atoms with van der Waals surface area (Å²) in [5.41, 5.74) is 2.26. The third-order valence-corrected chi connectivity index (χ3v) is 3.45. The number of aryl methyl sites for hydroxylation is 1. The van der Waals surface area contributed by atoms with E-state index in [0.29, 0.717) is 22.5 Å². The van der Waals surface area contributed by atoms with Gasteiger partial charge >= 0.3 is 0 Å². The Morgan fingerprint density at radius 3 is 2.57 bits per heavy atom. The van der Waals surface area contributed by atoms with Crippen LogP contribution in [0.3, 0.4) is 0 Å². The number of aliphatic hydroxyl groups is 1. The number of halogens is 1. The van der Waals surface area contributed by atoms with Gasteiger partial charge in [-0.15, -0.1) is 0 Å². The first-order valence-electron chi connectivity index (χ1n) is 7.13. The summed E-state index contributed by atoms with van der Waals surface area (Å²) >= 11 is 5.89. The molecule has 2 heterocycles. The van der Waals surface area contributed by atoms with Crippen molar-refractivity contribution in [3.8, 4) is 5.95 Å². The summed E-state index contributed by atoms with van der Waals surface area (Å²) in [5, 5.41) is 17.7. The Labute approximate surface area is 138 Å². The lowest BCUT2D eigenvalue weighted by atomic mass is 10.3. The number of hydrogen-bond donors (Lipinski definition) is 2. The van der Waals surface area contributed by atoms with Gasteiger partial charge < -0.3 is 10.4 Å². The summed E-state index contributed by atoms with van der Waals surface area (Å²) in [5.74, 6) is 1.09. The summed E-state index contributed by atoms with van der Waals surface area (Å²) in [6.45, 7) is 3.55. The van der Waals surface area contributed by atoms with Gasteiger partial charge in [0.15, 0.2) is 0 Å². The van der Waals surface area contributed by atoms with E-state index in [2.05, 4.69) is 20.4 Å². The Bertz CT molecular complexity index is 814. The molecule has 1 unspecified atom stereocenters. The van der Waals surface area contributed by atoms with Crippen molar-refractivity contribution >= 4 is 23.1 Å². The van der Waals surface area contributed by atoms with E-state index in [9.17, 15) is 5.11 Å². The van der Waals surface area contributed by atoms with Gasteiger partial charge in [-0.25, -0.2) is 9.67 Å². The van der Waals surface area contributed by atoms with Crippen LogP contribution in [-0.2, 0) is 0 Å². The van der Waals surface area contributed by atoms with E-state index in [1.165, 1.54) is 0 Å². The van der Waals surface area contributed by atoms with Gasteiger partial charge in [0, 0.05) is 28.7 Å². The quantitative estimate of drug-likeness (QED) is 0.767. The van der Waals surface area contributed by atoms with Crippen molar-refractivity contribution in [2.24, 2.45) is 0 Å². The van der Waals surface area contributed by atoms with E-state index in [1.54, 1.807) is 36.0 Å². The van der Waals surface area contributed by atoms with Gasteiger partial charge in [-0.3, -0.25) is 0 Å². The number of nitrogens with zero attached hydrogens (tertiary/aromatic N) is 4. The van der Waals surface area contributed by atoms with Crippen LogP contribution in [0.15, 0.2) is 42.6 Å². The molecule has 3 rings (SSSR count). The fraction of sp³-hybridized carbons (Fsp3) is 0.188. The minimum atomic E-state index is -0.632. The van der Waals surface area contributed by atoms with Crippen molar-refractivity contribution in [2.75, 3.05) is 5.32 Å². The normalized spacial score (nSPS) is 12.2. The molecule has 0 saturated heterocycles. The van der Waals surface area contributed by atoms with Gasteiger partial charge in [-0.1, -0.05) is 11.6 Å². The molecular formula is C16H16ClN5O. The van der Waals surface area contributed by atoms with Crippen LogP contribution < -0.4 is 5.32 Å². The molecule has 0 radical (unpaired) electrons. The lowest BCUT2D eigenvalue weighted by molar-refractivity contribution is 0.193. The van der Waals surface area contributed by atoms with E-state index >= 15 is 0 Å². The van der Waals surface area contributed by atoms with E-state index in [-0.39, 0.29) is 0 Å². The van der Waals surface area contributed by atoms with E-state index in [4.69, 9.17) is 11.6 Å². The van der Waals surface area contributed by atoms with E-state index in [0.717, 1.165) is 11.4 Å². The molecule has 7 heteroatoms. The van der Waals surface area contributed by atoms with Crippen LogP contribution in [0.5, 0.6) is 0 Å². The molecule has 0 aliphatic carbocycles. The van der Waals surface area contributed by atoms with Crippen LogP contribution in [0.2, 0.25) is 5.02 Å². The Morgan fingerprint density at radius 2 is 1.91 bits per heavy atom. The summed E-state index contributed by atoms with van der Waals surface area (Å²) in [7, 11) is 0. The van der Waals surface area contributed by atoms with Gasteiger partial charge in [0.25, 0.3) is 5.95 Å². The first kappa shape index (κ1) is 15.5. The lowest BCUT2D eigenvalue weighted by Gasteiger charge is -2.08. The van der Waals surface area contributed by atoms with Gasteiger partial charge in [-0.2, -0.15) is 10.1 Å². The molecule has 118 valence electrons. The number of aromatic nitrogens is 4. The highest BCUT2D eigenvalue weighted by Crippen LogP contribution is 2.19. The van der Waals surface area contributed by atoms with Crippen molar-refractivity contribution in [1.29, 1.82) is 0 Å². The first-order valence-corrected chi connectivity index (χ1v) is 7.51. The highest BCUT2D eigenvalue weighted by molar-refractivity contribution is 6.30. The smallest absolute Gasteiger partial charge is 0.252 e. The van der Waals surface area contributed by atoms with E-state index in [1.807, 2.05) is 25.1 Å². The standard InChI is InChI=1S/C16H16ClN5O/c1-10-9-15(19-13-5-3-12(17)4-6-13)20-16(18-10)22-8-7-14(21-22)11(2)23/h3-9,11,23H,1-2H3,(H,18,19,20). The maximum Gasteiger partial charge on any atom is 0.252 e. The minimum Gasteiger partial charge on any atom is -0.387 e. The molecule has 0 fully saturated rings. The van der Waals surface area contributed by atoms with Crippen molar-refractivity contribution in [2.45, 2.75) is 20.0 Å². The number of benzene rings is 1. The second kappa shape index (κ2) is 6.36. The average molecular weight is 330 g/mol. The molecule has 0 amide bonds. The van der Waals surface area contributed by atoms with Crippen LogP contribution >= 0.6 is 11.6 Å². The number of rotatable bonds is 4. The van der Waals surface area contributed by atoms with Gasteiger partial charge in [0.05, 0.1) is 11.8 Å². The van der Waals surface area contributed by atoms with Crippen molar-refractivity contribution < 1.29 is 5.11 Å². The molecule has 6 nitrogen and oxygen atoms in total. The van der Waals surface area contributed by atoms with E-state index < -0.39 is 6.10 Å². The maximum absolute atomic E-state index is 9.57. The molecular weight excluding hydrogens is 314 g/mol. The van der Waals surface area contributed by atoms with Crippen LogP contribution in [-0.4, -0.2) is 24.9 Å². The minimum absolute atomic E-state index is 0.438. The molecule has 2 aromatic heterocycles. The summed E-state index contributed by atoms with van der Waals surface area (Å²) in [4.78, 5) is 8.84. The Morgan fingerprint density at radius 1 is 1.17 bits per heavy atom. The van der Waals surface area contributed by atoms with Crippen LogP contribution in [0, 0.1) is 6.92 Å². The summed E-state index contributed by atoms with van der Waals surface area (Å²) in [6, 6.07) is 10.9. The Hall–Kier alpha value is -2.44. The Kier molecular flexibility index (Phi) is 4.27. The molecule has 0 aliphatic rings. The average Bonchev–Trinajstić information content (AvgIpc) is 2.99. The lowest BCUT2D eigenvalue weighted by Crippen LogP contribution is -2.06. The second-order valence-corrected chi connectivity index (χ2v) is 5.62.